The van der Waals surface area contributed by atoms with Gasteiger partial charge in [-0.1, -0.05) is 37.6 Å². The fourth-order valence-electron chi connectivity index (χ4n) is 2.60. The summed E-state index contributed by atoms with van der Waals surface area (Å²) in [4.78, 5) is 13.9. The van der Waals surface area contributed by atoms with Gasteiger partial charge >= 0.3 is 6.09 Å². The maximum absolute atomic E-state index is 12.3. The quantitative estimate of drug-likeness (QED) is 0.819. The second-order valence-electron chi connectivity index (χ2n) is 5.66. The average Bonchev–Trinajstić information content (AvgIpc) is 2.94. The van der Waals surface area contributed by atoms with E-state index in [-0.39, 0.29) is 18.7 Å². The number of allylic oxidation sites excluding steroid dienone is 1. The van der Waals surface area contributed by atoms with Gasteiger partial charge in [-0.25, -0.2) is 4.79 Å². The fourth-order valence-corrected chi connectivity index (χ4v) is 2.60. The maximum Gasteiger partial charge on any atom is 0.410 e. The Morgan fingerprint density at radius 3 is 2.78 bits per heavy atom. The highest BCUT2D eigenvalue weighted by molar-refractivity contribution is 5.69. The zero-order valence-electron chi connectivity index (χ0n) is 13.8. The zero-order chi connectivity index (χ0) is 16.7. The van der Waals surface area contributed by atoms with Crippen molar-refractivity contribution in [1.82, 2.24) is 4.90 Å². The number of amides is 1. The predicted molar refractivity (Wildman–Crippen MR) is 88.3 cm³/mol. The van der Waals surface area contributed by atoms with E-state index in [9.17, 15) is 9.90 Å². The third-order valence-corrected chi connectivity index (χ3v) is 3.96. The third kappa shape index (κ3) is 4.73. The first-order valence-electron chi connectivity index (χ1n) is 8.06. The van der Waals surface area contributed by atoms with Crippen molar-refractivity contribution in [1.29, 1.82) is 0 Å². The van der Waals surface area contributed by atoms with Crippen molar-refractivity contribution in [3.63, 3.8) is 0 Å². The van der Waals surface area contributed by atoms with Crippen LogP contribution in [0, 0.1) is 0 Å². The van der Waals surface area contributed by atoms with Gasteiger partial charge in [0.1, 0.15) is 12.4 Å². The van der Waals surface area contributed by atoms with Crippen LogP contribution in [-0.2, 0) is 11.3 Å². The lowest BCUT2D eigenvalue weighted by atomic mass is 10.1. The first-order chi connectivity index (χ1) is 11.2. The summed E-state index contributed by atoms with van der Waals surface area (Å²) >= 11 is 0. The molecule has 0 bridgehead atoms. The largest absolute Gasteiger partial charge is 0.497 e. The highest BCUT2D eigenvalue weighted by Gasteiger charge is 2.35. The summed E-state index contributed by atoms with van der Waals surface area (Å²) in [6, 6.07) is 7.11. The summed E-state index contributed by atoms with van der Waals surface area (Å²) in [7, 11) is 1.61. The Labute approximate surface area is 137 Å². The molecular weight excluding hydrogens is 294 g/mol. The molecule has 0 radical (unpaired) electrons. The Kier molecular flexibility index (Phi) is 6.47. The Morgan fingerprint density at radius 2 is 2.13 bits per heavy atom. The van der Waals surface area contributed by atoms with Gasteiger partial charge in [0.2, 0.25) is 0 Å². The molecule has 0 saturated carbocycles. The van der Waals surface area contributed by atoms with Gasteiger partial charge in [0.25, 0.3) is 0 Å². The van der Waals surface area contributed by atoms with Crippen molar-refractivity contribution in [3.05, 3.63) is 42.0 Å². The zero-order valence-corrected chi connectivity index (χ0v) is 13.8. The number of aliphatic hydroxyl groups is 1. The van der Waals surface area contributed by atoms with Crippen molar-refractivity contribution in [2.24, 2.45) is 0 Å². The van der Waals surface area contributed by atoms with Gasteiger partial charge < -0.3 is 14.6 Å². The van der Waals surface area contributed by atoms with Gasteiger partial charge in [0, 0.05) is 6.54 Å². The molecule has 1 heterocycles. The molecule has 0 spiro atoms. The normalized spacial score (nSPS) is 20.9. The number of aliphatic hydroxyl groups excluding tert-OH is 1. The molecule has 5 heteroatoms. The van der Waals surface area contributed by atoms with Crippen LogP contribution in [0.2, 0.25) is 0 Å². The number of methoxy groups -OCH3 is 1. The van der Waals surface area contributed by atoms with Crippen LogP contribution >= 0.6 is 0 Å². The molecule has 1 aliphatic rings. The van der Waals surface area contributed by atoms with E-state index in [1.807, 2.05) is 36.4 Å². The summed E-state index contributed by atoms with van der Waals surface area (Å²) < 4.78 is 10.5. The minimum Gasteiger partial charge on any atom is -0.497 e. The molecule has 2 rings (SSSR count). The molecule has 1 aromatic carbocycles. The molecule has 1 saturated heterocycles. The van der Waals surface area contributed by atoms with Gasteiger partial charge in [0.05, 0.1) is 19.3 Å². The lowest BCUT2D eigenvalue weighted by molar-refractivity contribution is 0.0833. The average molecular weight is 319 g/mol. The van der Waals surface area contributed by atoms with Crippen LogP contribution < -0.4 is 4.74 Å². The number of likely N-dealkylation sites (tertiary alicyclic amines) is 1. The molecule has 1 aliphatic heterocycles. The van der Waals surface area contributed by atoms with Crippen LogP contribution in [-0.4, -0.2) is 41.9 Å². The van der Waals surface area contributed by atoms with Gasteiger partial charge in [-0.05, 0) is 30.5 Å². The Hall–Kier alpha value is -2.01. The number of hydrogen-bond acceptors (Lipinski definition) is 4. The molecule has 23 heavy (non-hydrogen) atoms. The molecule has 1 amide bonds. The maximum atomic E-state index is 12.3. The molecule has 2 atom stereocenters. The van der Waals surface area contributed by atoms with Gasteiger partial charge in [0.15, 0.2) is 0 Å². The Bertz CT molecular complexity index is 526. The van der Waals surface area contributed by atoms with Crippen molar-refractivity contribution >= 4 is 6.09 Å². The minimum absolute atomic E-state index is 0.209. The number of rotatable bonds is 6. The van der Waals surface area contributed by atoms with Crippen molar-refractivity contribution in [2.45, 2.75) is 44.9 Å². The Balaban J connectivity index is 1.90. The molecule has 126 valence electrons. The van der Waals surface area contributed by atoms with E-state index >= 15 is 0 Å². The number of benzene rings is 1. The molecule has 1 fully saturated rings. The highest BCUT2D eigenvalue weighted by atomic mass is 16.6. The fraction of sp³-hybridized carbons (Fsp3) is 0.500. The number of carbonyl (C=O) groups excluding carboxylic acids is 1. The molecule has 0 unspecified atom stereocenters. The van der Waals surface area contributed by atoms with Crippen LogP contribution in [0.25, 0.3) is 0 Å². The predicted octanol–water partition coefficient (Wildman–Crippen LogP) is 3.12. The van der Waals surface area contributed by atoms with Gasteiger partial charge in [-0.3, -0.25) is 4.90 Å². The van der Waals surface area contributed by atoms with E-state index in [2.05, 4.69) is 6.92 Å². The standard InChI is InChI=1S/C18H25NO4/c1-3-4-5-6-16-17(20)11-12-19(16)18(21)23-13-14-7-9-15(22-2)10-8-14/h5-10,16-17,20H,3-4,11-13H2,1-2H3/b6-5+/t16-,17-/m1/s1. The van der Waals surface area contributed by atoms with Crippen molar-refractivity contribution < 1.29 is 19.4 Å². The molecule has 0 aliphatic carbocycles. The summed E-state index contributed by atoms with van der Waals surface area (Å²) in [6.45, 7) is 2.82. The SMILES string of the molecule is CCC/C=C/[C@@H]1[C@H](O)CCN1C(=O)OCc1ccc(OC)cc1. The topological polar surface area (TPSA) is 59.0 Å². The van der Waals surface area contributed by atoms with Crippen LogP contribution in [0.1, 0.15) is 31.7 Å². The summed E-state index contributed by atoms with van der Waals surface area (Å²) in [5, 5.41) is 10.0. The Morgan fingerprint density at radius 1 is 1.39 bits per heavy atom. The van der Waals surface area contributed by atoms with Crippen LogP contribution in [0.15, 0.2) is 36.4 Å². The van der Waals surface area contributed by atoms with E-state index in [0.29, 0.717) is 13.0 Å². The molecular formula is C18H25NO4. The van der Waals surface area contributed by atoms with Crippen molar-refractivity contribution in [3.8, 4) is 5.75 Å². The molecule has 1 aromatic rings. The summed E-state index contributed by atoms with van der Waals surface area (Å²) in [5.41, 5.74) is 0.900. The number of ether oxygens (including phenoxy) is 2. The second-order valence-corrected chi connectivity index (χ2v) is 5.66. The van der Waals surface area contributed by atoms with E-state index < -0.39 is 6.10 Å². The molecule has 1 N–H and O–H groups in total. The van der Waals surface area contributed by atoms with E-state index in [4.69, 9.17) is 9.47 Å². The number of nitrogens with zero attached hydrogens (tertiary/aromatic N) is 1. The van der Waals surface area contributed by atoms with Gasteiger partial charge in [-0.2, -0.15) is 0 Å². The van der Waals surface area contributed by atoms with Crippen LogP contribution in [0.5, 0.6) is 5.75 Å². The van der Waals surface area contributed by atoms with Crippen LogP contribution in [0.3, 0.4) is 0 Å². The van der Waals surface area contributed by atoms with E-state index in [1.165, 1.54) is 0 Å². The lowest BCUT2D eigenvalue weighted by Gasteiger charge is -2.23. The summed E-state index contributed by atoms with van der Waals surface area (Å²) in [5.74, 6) is 0.767. The number of hydrogen-bond donors (Lipinski definition) is 1. The minimum atomic E-state index is -0.517. The number of unbranched alkanes of at least 4 members (excludes halogenated alkanes) is 1. The summed E-state index contributed by atoms with van der Waals surface area (Å²) in [6.07, 6.45) is 5.59. The second kappa shape index (κ2) is 8.58. The first kappa shape index (κ1) is 17.3. The molecule has 5 nitrogen and oxygen atoms in total. The van der Waals surface area contributed by atoms with Crippen molar-refractivity contribution in [2.75, 3.05) is 13.7 Å². The van der Waals surface area contributed by atoms with E-state index in [1.54, 1.807) is 12.0 Å². The third-order valence-electron chi connectivity index (χ3n) is 3.96. The first-order valence-corrected chi connectivity index (χ1v) is 8.06. The van der Waals surface area contributed by atoms with Crippen LogP contribution in [0.4, 0.5) is 4.79 Å². The molecule has 0 aromatic heterocycles. The van der Waals surface area contributed by atoms with Gasteiger partial charge in [-0.15, -0.1) is 0 Å². The highest BCUT2D eigenvalue weighted by Crippen LogP contribution is 2.21. The van der Waals surface area contributed by atoms with E-state index in [0.717, 1.165) is 24.2 Å². The monoisotopic (exact) mass is 319 g/mol. The lowest BCUT2D eigenvalue weighted by Crippen LogP contribution is -2.38. The smallest absolute Gasteiger partial charge is 0.410 e. The number of carbonyl (C=O) groups is 1.